The van der Waals surface area contributed by atoms with E-state index in [1.807, 2.05) is 23.1 Å². The lowest BCUT2D eigenvalue weighted by molar-refractivity contribution is -0.192. The molecule has 0 aliphatic carbocycles. The molecule has 4 rings (SSSR count). The molecule has 1 N–H and O–H groups in total. The maximum absolute atomic E-state index is 13.2. The number of aryl methyl sites for hydroxylation is 1. The highest BCUT2D eigenvalue weighted by atomic mass is 19.4. The van der Waals surface area contributed by atoms with Crippen molar-refractivity contribution in [2.75, 3.05) is 32.7 Å². The number of amides is 1. The minimum absolute atomic E-state index is 0.144. The van der Waals surface area contributed by atoms with Gasteiger partial charge in [0.1, 0.15) is 5.82 Å². The highest BCUT2D eigenvalue weighted by Gasteiger charge is 2.38. The first kappa shape index (κ1) is 28.6. The van der Waals surface area contributed by atoms with E-state index in [4.69, 9.17) is 14.4 Å². The van der Waals surface area contributed by atoms with Crippen molar-refractivity contribution in [3.05, 3.63) is 83.8 Å². The van der Waals surface area contributed by atoms with Crippen molar-refractivity contribution in [3.8, 4) is 11.3 Å². The predicted molar refractivity (Wildman–Crippen MR) is 132 cm³/mol. The fraction of sp³-hybridized carbons (Fsp3) is 0.296. The van der Waals surface area contributed by atoms with Crippen molar-refractivity contribution in [1.29, 1.82) is 0 Å². The minimum atomic E-state index is -5.08. The van der Waals surface area contributed by atoms with Gasteiger partial charge >= 0.3 is 12.1 Å². The van der Waals surface area contributed by atoms with Crippen molar-refractivity contribution in [1.82, 2.24) is 15.0 Å². The smallest absolute Gasteiger partial charge is 0.475 e. The molecule has 11 heteroatoms. The molecule has 1 amide bonds. The maximum Gasteiger partial charge on any atom is 0.490 e. The van der Waals surface area contributed by atoms with E-state index in [2.05, 4.69) is 34.3 Å². The summed E-state index contributed by atoms with van der Waals surface area (Å²) < 4.78 is 50.2. The summed E-state index contributed by atoms with van der Waals surface area (Å²) in [6, 6.07) is 16.4. The summed E-state index contributed by atoms with van der Waals surface area (Å²) in [5.74, 6) is -2.31. The van der Waals surface area contributed by atoms with Crippen LogP contribution in [0.1, 0.15) is 17.5 Å². The Kier molecular flexibility index (Phi) is 10.2. The van der Waals surface area contributed by atoms with Gasteiger partial charge in [-0.25, -0.2) is 9.18 Å². The molecule has 202 valence electrons. The van der Waals surface area contributed by atoms with E-state index in [1.165, 1.54) is 17.7 Å². The Bertz CT molecular complexity index is 1200. The predicted octanol–water partition coefficient (Wildman–Crippen LogP) is 4.90. The van der Waals surface area contributed by atoms with E-state index in [-0.39, 0.29) is 11.7 Å². The maximum atomic E-state index is 13.2. The zero-order chi connectivity index (χ0) is 27.5. The van der Waals surface area contributed by atoms with Gasteiger partial charge in [0, 0.05) is 50.3 Å². The summed E-state index contributed by atoms with van der Waals surface area (Å²) in [5, 5.41) is 11.0. The monoisotopic (exact) mass is 533 g/mol. The van der Waals surface area contributed by atoms with Gasteiger partial charge < -0.3 is 14.5 Å². The molecule has 1 fully saturated rings. The number of aliphatic carboxylic acids is 1. The quantitative estimate of drug-likeness (QED) is 0.435. The molecule has 2 heterocycles. The van der Waals surface area contributed by atoms with E-state index in [0.29, 0.717) is 18.6 Å². The number of carbonyl (C=O) groups is 2. The van der Waals surface area contributed by atoms with Crippen molar-refractivity contribution < 1.29 is 36.8 Å². The summed E-state index contributed by atoms with van der Waals surface area (Å²) in [4.78, 5) is 25.9. The van der Waals surface area contributed by atoms with Crippen LogP contribution in [0.3, 0.4) is 0 Å². The highest BCUT2D eigenvalue weighted by molar-refractivity contribution is 5.77. The molecular weight excluding hydrogens is 506 g/mol. The topological polar surface area (TPSA) is 86.9 Å². The zero-order valence-corrected chi connectivity index (χ0v) is 20.4. The molecule has 0 spiro atoms. The molecule has 0 unspecified atom stereocenters. The molecule has 0 bridgehead atoms. The minimum Gasteiger partial charge on any atom is -0.475 e. The van der Waals surface area contributed by atoms with Gasteiger partial charge in [0.05, 0.1) is 6.20 Å². The fourth-order valence-corrected chi connectivity index (χ4v) is 3.76. The lowest BCUT2D eigenvalue weighted by Crippen LogP contribution is -2.48. The molecule has 1 saturated heterocycles. The molecule has 0 radical (unpaired) electrons. The van der Waals surface area contributed by atoms with Crippen LogP contribution in [0, 0.1) is 5.82 Å². The number of hydrogen-bond acceptors (Lipinski definition) is 5. The lowest BCUT2D eigenvalue weighted by Gasteiger charge is -2.34. The molecule has 2 aromatic carbocycles. The number of aromatic nitrogens is 1. The Hall–Kier alpha value is -3.99. The Morgan fingerprint density at radius 3 is 2.24 bits per heavy atom. The van der Waals surface area contributed by atoms with Crippen LogP contribution in [0.25, 0.3) is 17.4 Å². The molecule has 0 atom stereocenters. The normalized spacial score (nSPS) is 14.3. The number of halogens is 4. The summed E-state index contributed by atoms with van der Waals surface area (Å²) in [5.41, 5.74) is 2.83. The van der Waals surface area contributed by atoms with Gasteiger partial charge in [-0.3, -0.25) is 9.69 Å². The van der Waals surface area contributed by atoms with Gasteiger partial charge in [0.15, 0.2) is 5.76 Å². The third-order valence-corrected chi connectivity index (χ3v) is 5.80. The van der Waals surface area contributed by atoms with E-state index in [9.17, 15) is 22.4 Å². The van der Waals surface area contributed by atoms with E-state index < -0.39 is 12.1 Å². The van der Waals surface area contributed by atoms with Crippen LogP contribution in [0.15, 0.2) is 71.4 Å². The van der Waals surface area contributed by atoms with Gasteiger partial charge in [-0.2, -0.15) is 13.2 Å². The molecular formula is C27H27F4N3O4. The molecule has 1 aliphatic heterocycles. The molecule has 1 aliphatic rings. The van der Waals surface area contributed by atoms with Crippen LogP contribution >= 0.6 is 0 Å². The first-order valence-electron chi connectivity index (χ1n) is 11.8. The summed E-state index contributed by atoms with van der Waals surface area (Å²) >= 11 is 0. The number of alkyl halides is 3. The van der Waals surface area contributed by atoms with Crippen LogP contribution in [0.4, 0.5) is 17.6 Å². The molecule has 3 aromatic rings. The molecule has 7 nitrogen and oxygen atoms in total. The van der Waals surface area contributed by atoms with Crippen molar-refractivity contribution in [2.24, 2.45) is 0 Å². The summed E-state index contributed by atoms with van der Waals surface area (Å²) in [6.07, 6.45) is 1.83. The number of piperazine rings is 1. The van der Waals surface area contributed by atoms with Crippen LogP contribution in [0.2, 0.25) is 0 Å². The van der Waals surface area contributed by atoms with Gasteiger partial charge in [0.25, 0.3) is 0 Å². The Labute approximate surface area is 216 Å². The average Bonchev–Trinajstić information content (AvgIpc) is 3.37. The first-order valence-corrected chi connectivity index (χ1v) is 11.8. The Balaban J connectivity index is 0.000000505. The third-order valence-electron chi connectivity index (χ3n) is 5.80. The number of carboxylic acid groups (broad SMARTS) is 1. The van der Waals surface area contributed by atoms with E-state index in [0.717, 1.165) is 43.9 Å². The Morgan fingerprint density at radius 2 is 1.63 bits per heavy atom. The summed E-state index contributed by atoms with van der Waals surface area (Å²) in [6.45, 7) is 4.12. The van der Waals surface area contributed by atoms with Gasteiger partial charge in [-0.1, -0.05) is 47.6 Å². The van der Waals surface area contributed by atoms with Gasteiger partial charge in [0.2, 0.25) is 5.91 Å². The fourth-order valence-electron chi connectivity index (χ4n) is 3.76. The van der Waals surface area contributed by atoms with Crippen molar-refractivity contribution in [3.63, 3.8) is 0 Å². The average molecular weight is 534 g/mol. The standard InChI is InChI=1S/C25H26FN3O2.C2HF3O2/c26-23-11-8-21(9-12-23)25-22(19-27-31-25)10-13-24(30)29-17-15-28(16-18-29)14-4-7-20-5-2-1-3-6-20;3-2(4,5)1(6)7/h1-9,11-12,19H,10,13-18H2;(H,6,7)/b7-4+;. The SMILES string of the molecule is O=C(CCc1cnoc1-c1ccc(F)cc1)N1CCN(C/C=C/c2ccccc2)CC1.O=C(O)C(F)(F)F. The van der Waals surface area contributed by atoms with Gasteiger partial charge in [-0.05, 0) is 36.2 Å². The number of nitrogens with zero attached hydrogens (tertiary/aromatic N) is 3. The molecule has 1 aromatic heterocycles. The highest BCUT2D eigenvalue weighted by Crippen LogP contribution is 2.25. The van der Waals surface area contributed by atoms with Crippen LogP contribution in [-0.4, -0.2) is 70.8 Å². The largest absolute Gasteiger partial charge is 0.490 e. The van der Waals surface area contributed by atoms with Crippen molar-refractivity contribution in [2.45, 2.75) is 19.0 Å². The molecule has 38 heavy (non-hydrogen) atoms. The second kappa shape index (κ2) is 13.5. The van der Waals surface area contributed by atoms with Crippen LogP contribution in [-0.2, 0) is 16.0 Å². The number of carbonyl (C=O) groups excluding carboxylic acids is 1. The second-order valence-corrected chi connectivity index (χ2v) is 8.48. The Morgan fingerprint density at radius 1 is 1.00 bits per heavy atom. The third kappa shape index (κ3) is 8.84. The number of benzene rings is 2. The zero-order valence-electron chi connectivity index (χ0n) is 20.4. The number of rotatable bonds is 7. The van der Waals surface area contributed by atoms with Crippen molar-refractivity contribution >= 4 is 18.0 Å². The lowest BCUT2D eigenvalue weighted by atomic mass is 10.0. The summed E-state index contributed by atoms with van der Waals surface area (Å²) in [7, 11) is 0. The van der Waals surface area contributed by atoms with E-state index >= 15 is 0 Å². The number of carboxylic acids is 1. The second-order valence-electron chi connectivity index (χ2n) is 8.48. The molecule has 0 saturated carbocycles. The first-order chi connectivity index (χ1) is 18.1. The number of hydrogen-bond donors (Lipinski definition) is 1. The van der Waals surface area contributed by atoms with Crippen LogP contribution < -0.4 is 0 Å². The van der Waals surface area contributed by atoms with E-state index in [1.54, 1.807) is 18.3 Å². The van der Waals surface area contributed by atoms with Gasteiger partial charge in [-0.15, -0.1) is 0 Å². The van der Waals surface area contributed by atoms with Crippen LogP contribution in [0.5, 0.6) is 0 Å².